The van der Waals surface area contributed by atoms with Gasteiger partial charge in [-0.3, -0.25) is 0 Å². The number of hydrogen-bond donors (Lipinski definition) is 3. The molecule has 0 unspecified atom stereocenters. The summed E-state index contributed by atoms with van der Waals surface area (Å²) in [6, 6.07) is 10.9. The van der Waals surface area contributed by atoms with Gasteiger partial charge in [-0.05, 0) is 48.2 Å². The highest BCUT2D eigenvalue weighted by molar-refractivity contribution is 6.30. The molecule has 2 amide bonds. The molecular formula is C23H23ClFN5O2. The SMILES string of the molecule is Cc1ccccc1Nc1ncc2c(n1)CN(C(=O)N[C@H](CO)c1ccc(Cl)c(F)c1)CC2. The summed E-state index contributed by atoms with van der Waals surface area (Å²) >= 11 is 5.73. The predicted octanol–water partition coefficient (Wildman–Crippen LogP) is 4.12. The van der Waals surface area contributed by atoms with Gasteiger partial charge in [0.2, 0.25) is 5.95 Å². The van der Waals surface area contributed by atoms with Crippen molar-refractivity contribution in [3.63, 3.8) is 0 Å². The van der Waals surface area contributed by atoms with Gasteiger partial charge in [-0.25, -0.2) is 19.2 Å². The van der Waals surface area contributed by atoms with Gasteiger partial charge in [0.25, 0.3) is 0 Å². The van der Waals surface area contributed by atoms with Crippen LogP contribution >= 0.6 is 11.6 Å². The Labute approximate surface area is 190 Å². The number of rotatable bonds is 5. The van der Waals surface area contributed by atoms with E-state index in [9.17, 15) is 14.3 Å². The van der Waals surface area contributed by atoms with E-state index in [1.54, 1.807) is 17.2 Å². The average molecular weight is 456 g/mol. The number of urea groups is 1. The Bertz CT molecular complexity index is 1140. The Morgan fingerprint density at radius 2 is 2.12 bits per heavy atom. The molecule has 0 saturated carbocycles. The number of fused-ring (bicyclic) bond motifs is 1. The first-order chi connectivity index (χ1) is 15.4. The van der Waals surface area contributed by atoms with Crippen molar-refractivity contribution in [3.8, 4) is 0 Å². The second-order valence-electron chi connectivity index (χ2n) is 7.64. The molecule has 166 valence electrons. The molecule has 9 heteroatoms. The van der Waals surface area contributed by atoms with Crippen LogP contribution in [0, 0.1) is 12.7 Å². The molecule has 0 bridgehead atoms. The molecule has 0 aliphatic carbocycles. The fourth-order valence-electron chi connectivity index (χ4n) is 3.57. The molecule has 1 atom stereocenters. The van der Waals surface area contributed by atoms with Crippen LogP contribution in [0.5, 0.6) is 0 Å². The van der Waals surface area contributed by atoms with Gasteiger partial charge < -0.3 is 20.6 Å². The maximum absolute atomic E-state index is 13.8. The first-order valence-electron chi connectivity index (χ1n) is 10.2. The molecule has 0 radical (unpaired) electrons. The van der Waals surface area contributed by atoms with E-state index in [0.29, 0.717) is 31.0 Å². The number of anilines is 2. The van der Waals surface area contributed by atoms with Crippen molar-refractivity contribution in [1.29, 1.82) is 0 Å². The number of aromatic nitrogens is 2. The number of aliphatic hydroxyl groups is 1. The minimum absolute atomic E-state index is 0.0146. The molecule has 2 aromatic carbocycles. The second kappa shape index (κ2) is 9.50. The summed E-state index contributed by atoms with van der Waals surface area (Å²) in [4.78, 5) is 23.5. The van der Waals surface area contributed by atoms with Crippen LogP contribution in [0.3, 0.4) is 0 Å². The van der Waals surface area contributed by atoms with Crippen molar-refractivity contribution in [2.24, 2.45) is 0 Å². The maximum atomic E-state index is 13.8. The molecule has 1 aromatic heterocycles. The Balaban J connectivity index is 1.46. The van der Waals surface area contributed by atoms with E-state index in [0.717, 1.165) is 22.5 Å². The minimum Gasteiger partial charge on any atom is -0.394 e. The zero-order chi connectivity index (χ0) is 22.7. The lowest BCUT2D eigenvalue weighted by Gasteiger charge is -2.30. The molecule has 0 fully saturated rings. The standard InChI is InChI=1S/C23H23ClFN5O2/c1-14-4-2-3-5-19(14)27-22-26-11-16-8-9-30(12-20(16)28-22)23(32)29-21(13-31)15-6-7-17(24)18(25)10-15/h2-7,10-11,21,31H,8-9,12-13H2,1H3,(H,29,32)(H,26,27,28)/t21-/m1/s1. The third-order valence-corrected chi connectivity index (χ3v) is 5.76. The van der Waals surface area contributed by atoms with Gasteiger partial charge in [0, 0.05) is 18.4 Å². The number of amides is 2. The topological polar surface area (TPSA) is 90.4 Å². The number of carbonyl (C=O) groups excluding carboxylic acids is 1. The van der Waals surface area contributed by atoms with Crippen molar-refractivity contribution >= 4 is 29.3 Å². The van der Waals surface area contributed by atoms with Crippen LogP contribution in [0.4, 0.5) is 20.8 Å². The van der Waals surface area contributed by atoms with E-state index in [1.165, 1.54) is 12.1 Å². The molecule has 0 spiro atoms. The summed E-state index contributed by atoms with van der Waals surface area (Å²) in [7, 11) is 0. The quantitative estimate of drug-likeness (QED) is 0.538. The fraction of sp³-hybridized carbons (Fsp3) is 0.261. The van der Waals surface area contributed by atoms with Gasteiger partial charge in [-0.15, -0.1) is 0 Å². The molecule has 0 saturated heterocycles. The third kappa shape index (κ3) is 4.81. The summed E-state index contributed by atoms with van der Waals surface area (Å²) in [6.45, 7) is 2.42. The van der Waals surface area contributed by atoms with E-state index < -0.39 is 11.9 Å². The highest BCUT2D eigenvalue weighted by Crippen LogP contribution is 2.23. The van der Waals surface area contributed by atoms with E-state index in [4.69, 9.17) is 11.6 Å². The van der Waals surface area contributed by atoms with Crippen LogP contribution in [0.15, 0.2) is 48.7 Å². The molecule has 1 aliphatic rings. The molecule has 3 aromatic rings. The van der Waals surface area contributed by atoms with Crippen molar-refractivity contribution in [2.75, 3.05) is 18.5 Å². The molecule has 1 aliphatic heterocycles. The fourth-order valence-corrected chi connectivity index (χ4v) is 3.69. The Morgan fingerprint density at radius 1 is 1.31 bits per heavy atom. The van der Waals surface area contributed by atoms with Gasteiger partial charge in [0.1, 0.15) is 5.82 Å². The third-order valence-electron chi connectivity index (χ3n) is 5.45. The Morgan fingerprint density at radius 3 is 2.88 bits per heavy atom. The monoisotopic (exact) mass is 455 g/mol. The number of aryl methyl sites for hydroxylation is 1. The summed E-state index contributed by atoms with van der Waals surface area (Å²) < 4.78 is 13.8. The Kier molecular flexibility index (Phi) is 6.53. The summed E-state index contributed by atoms with van der Waals surface area (Å²) in [5, 5.41) is 15.7. The second-order valence-corrected chi connectivity index (χ2v) is 8.04. The highest BCUT2D eigenvalue weighted by Gasteiger charge is 2.25. The van der Waals surface area contributed by atoms with E-state index in [-0.39, 0.29) is 17.7 Å². The summed E-state index contributed by atoms with van der Waals surface area (Å²) in [5.74, 6) is -0.140. The number of benzene rings is 2. The predicted molar refractivity (Wildman–Crippen MR) is 120 cm³/mol. The van der Waals surface area contributed by atoms with E-state index in [1.807, 2.05) is 31.2 Å². The number of aliphatic hydroxyl groups excluding tert-OH is 1. The van der Waals surface area contributed by atoms with Gasteiger partial charge >= 0.3 is 6.03 Å². The van der Waals surface area contributed by atoms with Crippen LogP contribution in [0.25, 0.3) is 0 Å². The number of nitrogens with zero attached hydrogens (tertiary/aromatic N) is 3. The van der Waals surface area contributed by atoms with Crippen LogP contribution in [-0.2, 0) is 13.0 Å². The Hall–Kier alpha value is -3.23. The van der Waals surface area contributed by atoms with Gasteiger partial charge in [-0.1, -0.05) is 35.9 Å². The lowest BCUT2D eigenvalue weighted by molar-refractivity contribution is 0.176. The maximum Gasteiger partial charge on any atom is 0.318 e. The minimum atomic E-state index is -0.751. The smallest absolute Gasteiger partial charge is 0.318 e. The molecule has 7 nitrogen and oxygen atoms in total. The molecule has 3 N–H and O–H groups in total. The van der Waals surface area contributed by atoms with Crippen molar-refractivity contribution < 1.29 is 14.3 Å². The summed E-state index contributed by atoms with van der Waals surface area (Å²) in [6.07, 6.45) is 2.40. The average Bonchev–Trinajstić information content (AvgIpc) is 2.80. The number of carbonyl (C=O) groups is 1. The van der Waals surface area contributed by atoms with Gasteiger partial charge in [0.05, 0.1) is 29.9 Å². The summed E-state index contributed by atoms with van der Waals surface area (Å²) in [5.41, 5.74) is 4.17. The van der Waals surface area contributed by atoms with E-state index >= 15 is 0 Å². The van der Waals surface area contributed by atoms with Crippen LogP contribution in [-0.4, -0.2) is 39.2 Å². The largest absolute Gasteiger partial charge is 0.394 e. The number of para-hydroxylation sites is 1. The van der Waals surface area contributed by atoms with E-state index in [2.05, 4.69) is 20.6 Å². The normalized spacial score (nSPS) is 13.9. The zero-order valence-corrected chi connectivity index (χ0v) is 18.2. The first kappa shape index (κ1) is 22.0. The lowest BCUT2D eigenvalue weighted by Crippen LogP contribution is -2.45. The number of nitrogens with one attached hydrogen (secondary N) is 2. The van der Waals surface area contributed by atoms with Crippen molar-refractivity contribution in [3.05, 3.63) is 81.9 Å². The van der Waals surface area contributed by atoms with Gasteiger partial charge in [0.15, 0.2) is 0 Å². The number of hydrogen-bond acceptors (Lipinski definition) is 5. The molecular weight excluding hydrogens is 433 g/mol. The van der Waals surface area contributed by atoms with Gasteiger partial charge in [-0.2, -0.15) is 0 Å². The zero-order valence-electron chi connectivity index (χ0n) is 17.5. The van der Waals surface area contributed by atoms with Crippen molar-refractivity contribution in [2.45, 2.75) is 25.9 Å². The highest BCUT2D eigenvalue weighted by atomic mass is 35.5. The van der Waals surface area contributed by atoms with Crippen molar-refractivity contribution in [1.82, 2.24) is 20.2 Å². The number of halogens is 2. The molecule has 2 heterocycles. The molecule has 32 heavy (non-hydrogen) atoms. The first-order valence-corrected chi connectivity index (χ1v) is 10.6. The van der Waals surface area contributed by atoms with Crippen LogP contribution in [0.2, 0.25) is 5.02 Å². The lowest BCUT2D eigenvalue weighted by atomic mass is 10.1. The van der Waals surface area contributed by atoms with Crippen LogP contribution in [0.1, 0.15) is 28.4 Å². The molecule has 4 rings (SSSR count). The van der Waals surface area contributed by atoms with Crippen LogP contribution < -0.4 is 10.6 Å².